The van der Waals surface area contributed by atoms with Gasteiger partial charge in [-0.3, -0.25) is 4.79 Å². The topological polar surface area (TPSA) is 57.9 Å². The molecular weight excluding hydrogens is 319 g/mol. The van der Waals surface area contributed by atoms with Crippen molar-refractivity contribution in [2.45, 2.75) is 58.1 Å². The van der Waals surface area contributed by atoms with E-state index >= 15 is 0 Å². The van der Waals surface area contributed by atoms with Gasteiger partial charge < -0.3 is 18.5 Å². The van der Waals surface area contributed by atoms with Crippen molar-refractivity contribution in [1.29, 1.82) is 0 Å². The standard InChI is InChI=1S/C19H25BO5/c1-6-22-17(21)12-14(20-24-18(2,3)19(4,5)25-20)16-11-13-9-7-8-10-15(13)23-16/h7-11,14H,6,12H2,1-5H3. The van der Waals surface area contributed by atoms with E-state index in [4.69, 9.17) is 18.5 Å². The highest BCUT2D eigenvalue weighted by Gasteiger charge is 2.55. The number of benzene rings is 1. The van der Waals surface area contributed by atoms with Gasteiger partial charge in [0, 0.05) is 5.39 Å². The lowest BCUT2D eigenvalue weighted by Crippen LogP contribution is -2.41. The SMILES string of the molecule is CCOC(=O)CC(B1OC(C)(C)C(C)(C)O1)c1cc2ccccc2o1. The van der Waals surface area contributed by atoms with Crippen LogP contribution in [0.5, 0.6) is 0 Å². The number of furan rings is 1. The highest BCUT2D eigenvalue weighted by atomic mass is 16.7. The number of fused-ring (bicyclic) bond motifs is 1. The molecule has 25 heavy (non-hydrogen) atoms. The van der Waals surface area contributed by atoms with Gasteiger partial charge in [0.15, 0.2) is 0 Å². The molecular formula is C19H25BO5. The summed E-state index contributed by atoms with van der Waals surface area (Å²) in [5.41, 5.74) is -0.171. The van der Waals surface area contributed by atoms with Crippen molar-refractivity contribution in [2.75, 3.05) is 6.61 Å². The van der Waals surface area contributed by atoms with Crippen molar-refractivity contribution in [3.63, 3.8) is 0 Å². The average molecular weight is 344 g/mol. The van der Waals surface area contributed by atoms with Crippen molar-refractivity contribution < 1.29 is 23.3 Å². The Morgan fingerprint density at radius 2 is 1.80 bits per heavy atom. The van der Waals surface area contributed by atoms with Gasteiger partial charge in [-0.15, -0.1) is 0 Å². The van der Waals surface area contributed by atoms with Gasteiger partial charge in [-0.25, -0.2) is 0 Å². The lowest BCUT2D eigenvalue weighted by Gasteiger charge is -2.32. The van der Waals surface area contributed by atoms with E-state index in [0.717, 1.165) is 11.0 Å². The number of rotatable bonds is 5. The van der Waals surface area contributed by atoms with Crippen LogP contribution in [0.15, 0.2) is 34.7 Å². The van der Waals surface area contributed by atoms with Gasteiger partial charge in [-0.2, -0.15) is 0 Å². The molecule has 3 rings (SSSR count). The summed E-state index contributed by atoms with van der Waals surface area (Å²) in [6.07, 6.45) is 0.143. The van der Waals surface area contributed by atoms with Gasteiger partial charge in [0.25, 0.3) is 0 Å². The van der Waals surface area contributed by atoms with Crippen LogP contribution in [0.4, 0.5) is 0 Å². The fraction of sp³-hybridized carbons (Fsp3) is 0.526. The maximum atomic E-state index is 12.1. The maximum Gasteiger partial charge on any atom is 0.469 e. The second kappa shape index (κ2) is 6.50. The normalized spacial score (nSPS) is 20.0. The minimum absolute atomic E-state index is 0.143. The molecule has 1 aromatic carbocycles. The Morgan fingerprint density at radius 3 is 2.40 bits per heavy atom. The molecule has 0 amide bonds. The van der Waals surface area contributed by atoms with Crippen LogP contribution in [0.1, 0.15) is 52.6 Å². The number of carbonyl (C=O) groups is 1. The third kappa shape index (κ3) is 3.46. The second-order valence-corrected chi connectivity index (χ2v) is 7.43. The molecule has 1 aliphatic rings. The van der Waals surface area contributed by atoms with E-state index in [2.05, 4.69) is 0 Å². The highest BCUT2D eigenvalue weighted by Crippen LogP contribution is 2.42. The molecule has 0 saturated carbocycles. The predicted molar refractivity (Wildman–Crippen MR) is 96.3 cm³/mol. The van der Waals surface area contributed by atoms with Crippen molar-refractivity contribution in [2.24, 2.45) is 0 Å². The van der Waals surface area contributed by atoms with Gasteiger partial charge in [0.05, 0.1) is 30.0 Å². The lowest BCUT2D eigenvalue weighted by atomic mass is 9.68. The molecule has 1 aliphatic heterocycles. The molecule has 6 heteroatoms. The van der Waals surface area contributed by atoms with Gasteiger partial charge in [-0.1, -0.05) is 18.2 Å². The minimum Gasteiger partial charge on any atom is -0.466 e. The maximum absolute atomic E-state index is 12.1. The molecule has 5 nitrogen and oxygen atoms in total. The van der Waals surface area contributed by atoms with Gasteiger partial charge in [0.2, 0.25) is 0 Å². The predicted octanol–water partition coefficient (Wildman–Crippen LogP) is 4.10. The molecule has 0 radical (unpaired) electrons. The summed E-state index contributed by atoms with van der Waals surface area (Å²) in [6, 6.07) is 9.71. The number of carbonyl (C=O) groups excluding carboxylic acids is 1. The van der Waals surface area contributed by atoms with Crippen LogP contribution in [0.2, 0.25) is 0 Å². The number of ether oxygens (including phenoxy) is 1. The van der Waals surface area contributed by atoms with Crippen LogP contribution in [0.25, 0.3) is 11.0 Å². The fourth-order valence-corrected chi connectivity index (χ4v) is 2.97. The molecule has 0 aliphatic carbocycles. The van der Waals surface area contributed by atoms with Gasteiger partial charge >= 0.3 is 13.1 Å². The summed E-state index contributed by atoms with van der Waals surface area (Å²) in [6.45, 7) is 10.1. The molecule has 0 N–H and O–H groups in total. The van der Waals surface area contributed by atoms with E-state index in [1.165, 1.54) is 0 Å². The molecule has 1 atom stereocenters. The number of para-hydroxylation sites is 1. The van der Waals surface area contributed by atoms with Crippen LogP contribution in [0.3, 0.4) is 0 Å². The van der Waals surface area contributed by atoms with Crippen molar-refractivity contribution in [3.8, 4) is 0 Å². The molecule has 0 bridgehead atoms. The first-order valence-electron chi connectivity index (χ1n) is 8.73. The van der Waals surface area contributed by atoms with E-state index in [1.807, 2.05) is 58.0 Å². The molecule has 1 unspecified atom stereocenters. The Hall–Kier alpha value is -1.79. The number of esters is 1. The van der Waals surface area contributed by atoms with E-state index in [-0.39, 0.29) is 18.2 Å². The van der Waals surface area contributed by atoms with Crippen molar-refractivity contribution in [3.05, 3.63) is 36.1 Å². The minimum atomic E-state index is -0.574. The van der Waals surface area contributed by atoms with Crippen LogP contribution >= 0.6 is 0 Å². The van der Waals surface area contributed by atoms with E-state index in [9.17, 15) is 4.79 Å². The highest BCUT2D eigenvalue weighted by molar-refractivity contribution is 6.48. The Kier molecular flexibility index (Phi) is 4.69. The summed E-state index contributed by atoms with van der Waals surface area (Å²) in [4.78, 5) is 12.1. The first kappa shape index (κ1) is 18.0. The van der Waals surface area contributed by atoms with Crippen LogP contribution in [-0.4, -0.2) is 30.9 Å². The third-order valence-corrected chi connectivity index (χ3v) is 5.10. The number of hydrogen-bond acceptors (Lipinski definition) is 5. The summed E-state index contributed by atoms with van der Waals surface area (Å²) >= 11 is 0. The molecule has 1 saturated heterocycles. The zero-order valence-electron chi connectivity index (χ0n) is 15.5. The Balaban J connectivity index is 1.94. The smallest absolute Gasteiger partial charge is 0.466 e. The Morgan fingerprint density at radius 1 is 1.16 bits per heavy atom. The quantitative estimate of drug-likeness (QED) is 0.604. The second-order valence-electron chi connectivity index (χ2n) is 7.43. The molecule has 2 heterocycles. The molecule has 1 aromatic heterocycles. The Labute approximate surface area is 148 Å². The summed E-state index contributed by atoms with van der Waals surface area (Å²) < 4.78 is 23.5. The first-order chi connectivity index (χ1) is 11.7. The van der Waals surface area contributed by atoms with E-state index in [0.29, 0.717) is 12.4 Å². The largest absolute Gasteiger partial charge is 0.469 e. The van der Waals surface area contributed by atoms with E-state index < -0.39 is 18.3 Å². The molecule has 1 fully saturated rings. The zero-order valence-corrected chi connectivity index (χ0v) is 15.5. The van der Waals surface area contributed by atoms with Crippen molar-refractivity contribution in [1.82, 2.24) is 0 Å². The summed E-state index contributed by atoms with van der Waals surface area (Å²) in [7, 11) is -0.574. The summed E-state index contributed by atoms with van der Waals surface area (Å²) in [5, 5.41) is 0.989. The zero-order chi connectivity index (χ0) is 18.2. The number of hydrogen-bond donors (Lipinski definition) is 0. The van der Waals surface area contributed by atoms with E-state index in [1.54, 1.807) is 6.92 Å². The molecule has 134 valence electrons. The van der Waals surface area contributed by atoms with Gasteiger partial charge in [0.1, 0.15) is 11.3 Å². The van der Waals surface area contributed by atoms with Crippen molar-refractivity contribution >= 4 is 24.1 Å². The monoisotopic (exact) mass is 344 g/mol. The fourth-order valence-electron chi connectivity index (χ4n) is 2.97. The average Bonchev–Trinajstić information content (AvgIpc) is 3.03. The van der Waals surface area contributed by atoms with Crippen LogP contribution in [-0.2, 0) is 18.8 Å². The first-order valence-corrected chi connectivity index (χ1v) is 8.73. The third-order valence-electron chi connectivity index (χ3n) is 5.10. The molecule has 0 spiro atoms. The van der Waals surface area contributed by atoms with Crippen LogP contribution in [0, 0.1) is 0 Å². The molecule has 2 aromatic rings. The summed E-state index contributed by atoms with van der Waals surface area (Å²) in [5.74, 6) is 0.0166. The lowest BCUT2D eigenvalue weighted by molar-refractivity contribution is -0.143. The van der Waals surface area contributed by atoms with Gasteiger partial charge in [-0.05, 0) is 46.8 Å². The Bertz CT molecular complexity index is 715. The van der Waals surface area contributed by atoms with Crippen LogP contribution < -0.4 is 0 Å².